The molecule has 5 atom stereocenters. The second kappa shape index (κ2) is 5.42. The van der Waals surface area contributed by atoms with Gasteiger partial charge >= 0.3 is 0 Å². The van der Waals surface area contributed by atoms with E-state index in [1.165, 1.54) is 24.0 Å². The van der Waals surface area contributed by atoms with Gasteiger partial charge in [-0.1, -0.05) is 5.92 Å². The number of aliphatic hydroxyl groups is 2. The molecule has 1 aliphatic rings. The highest BCUT2D eigenvalue weighted by Crippen LogP contribution is 2.46. The van der Waals surface area contributed by atoms with Gasteiger partial charge in [-0.15, -0.1) is 6.42 Å². The Balaban J connectivity index is 2.13. The molecule has 0 aromatic carbocycles. The van der Waals surface area contributed by atoms with Crippen LogP contribution in [-0.2, 0) is 4.74 Å². The summed E-state index contributed by atoms with van der Waals surface area (Å²) in [6.45, 7) is 0.870. The molecule has 9 heteroatoms. The number of aliphatic hydroxyl groups excluding tert-OH is 2. The molecule has 1 aliphatic heterocycles. The molecule has 3 rings (SSSR count). The minimum atomic E-state index is -2.34. The molecule has 0 saturated carbocycles. The zero-order chi connectivity index (χ0) is 16.8. The molecule has 23 heavy (non-hydrogen) atoms. The number of alkyl halides is 1. The molecule has 4 N–H and O–H groups in total. The number of terminal acetylenes is 1. The van der Waals surface area contributed by atoms with Gasteiger partial charge in [0.2, 0.25) is 11.6 Å². The second-order valence-electron chi connectivity index (χ2n) is 5.48. The number of nitrogens with zero attached hydrogens (tertiary/aromatic N) is 4. The third-order valence-electron chi connectivity index (χ3n) is 4.06. The van der Waals surface area contributed by atoms with Crippen molar-refractivity contribution in [2.75, 3.05) is 12.3 Å². The lowest BCUT2D eigenvalue weighted by molar-refractivity contribution is -0.0731. The van der Waals surface area contributed by atoms with Crippen LogP contribution in [0.2, 0.25) is 0 Å². The smallest absolute Gasteiger partial charge is 0.222 e. The topological polar surface area (TPSA) is 119 Å². The predicted octanol–water partition coefficient (Wildman–Crippen LogP) is -0.363. The summed E-state index contributed by atoms with van der Waals surface area (Å²) in [5, 5.41) is 19.3. The summed E-state index contributed by atoms with van der Waals surface area (Å²) < 4.78 is 22.3. The Kier molecular flexibility index (Phi) is 3.68. The maximum Gasteiger partial charge on any atom is 0.222 e. The van der Waals surface area contributed by atoms with E-state index < -0.39 is 36.6 Å². The number of anilines is 1. The van der Waals surface area contributed by atoms with Gasteiger partial charge < -0.3 is 20.7 Å². The van der Waals surface area contributed by atoms with Crippen molar-refractivity contribution in [1.29, 1.82) is 0 Å². The molecule has 2 aromatic heterocycles. The van der Waals surface area contributed by atoms with Gasteiger partial charge in [0.1, 0.15) is 5.52 Å². The normalized spacial score (nSPS) is 32.0. The number of rotatable bonds is 3. The monoisotopic (exact) mass is 321 g/mol. The van der Waals surface area contributed by atoms with Crippen molar-refractivity contribution in [3.63, 3.8) is 0 Å². The number of nitrogens with two attached hydrogens (primary N) is 1. The second-order valence-corrected chi connectivity index (χ2v) is 5.48. The predicted molar refractivity (Wildman–Crippen MR) is 78.6 cm³/mol. The van der Waals surface area contributed by atoms with Gasteiger partial charge in [0, 0.05) is 0 Å². The highest BCUT2D eigenvalue weighted by Gasteiger charge is 2.59. The zero-order valence-electron chi connectivity index (χ0n) is 12.3. The lowest BCUT2D eigenvalue weighted by atomic mass is 9.85. The van der Waals surface area contributed by atoms with Crippen molar-refractivity contribution in [3.05, 3.63) is 12.5 Å². The van der Waals surface area contributed by atoms with Crippen LogP contribution < -0.4 is 5.73 Å². The first-order chi connectivity index (χ1) is 10.9. The summed E-state index contributed by atoms with van der Waals surface area (Å²) in [4.78, 5) is 11.9. The van der Waals surface area contributed by atoms with E-state index >= 15 is 4.39 Å². The minimum Gasteiger partial charge on any atom is -0.396 e. The van der Waals surface area contributed by atoms with Crippen molar-refractivity contribution in [1.82, 2.24) is 19.5 Å². The van der Waals surface area contributed by atoms with Crippen LogP contribution in [0.1, 0.15) is 13.2 Å². The molecule has 0 bridgehead atoms. The molecule has 122 valence electrons. The summed E-state index contributed by atoms with van der Waals surface area (Å²) in [6, 6.07) is 0. The summed E-state index contributed by atoms with van der Waals surface area (Å²) in [6.07, 6.45) is 4.80. The third kappa shape index (κ3) is 2.23. The van der Waals surface area contributed by atoms with E-state index in [-0.39, 0.29) is 11.6 Å². The van der Waals surface area contributed by atoms with Gasteiger partial charge in [0.25, 0.3) is 0 Å². The summed E-state index contributed by atoms with van der Waals surface area (Å²) in [7, 11) is 0. The molecular weight excluding hydrogens is 305 g/mol. The summed E-state index contributed by atoms with van der Waals surface area (Å²) >= 11 is 0. The fourth-order valence-corrected chi connectivity index (χ4v) is 2.91. The van der Waals surface area contributed by atoms with E-state index in [2.05, 4.69) is 20.9 Å². The molecule has 0 amide bonds. The quantitative estimate of drug-likeness (QED) is 0.660. The zero-order valence-corrected chi connectivity index (χ0v) is 12.3. The number of halogens is 1. The van der Waals surface area contributed by atoms with Crippen LogP contribution in [0.5, 0.6) is 0 Å². The van der Waals surface area contributed by atoms with Crippen LogP contribution in [0.25, 0.3) is 11.2 Å². The van der Waals surface area contributed by atoms with E-state index in [0.29, 0.717) is 5.52 Å². The fourth-order valence-electron chi connectivity index (χ4n) is 2.91. The van der Waals surface area contributed by atoms with Crippen molar-refractivity contribution >= 4 is 17.1 Å². The van der Waals surface area contributed by atoms with Crippen LogP contribution in [0.15, 0.2) is 12.5 Å². The summed E-state index contributed by atoms with van der Waals surface area (Å²) in [5.41, 5.74) is 3.86. The number of hydrogen-bond donors (Lipinski definition) is 3. The molecule has 3 heterocycles. The van der Waals surface area contributed by atoms with Crippen LogP contribution >= 0.6 is 0 Å². The lowest BCUT2D eigenvalue weighted by Gasteiger charge is -2.25. The Hall–Kier alpha value is -2.28. The van der Waals surface area contributed by atoms with Crippen LogP contribution in [0.4, 0.5) is 10.3 Å². The lowest BCUT2D eigenvalue weighted by Crippen LogP contribution is -2.41. The molecule has 0 radical (unpaired) electrons. The third-order valence-corrected chi connectivity index (χ3v) is 4.06. The van der Waals surface area contributed by atoms with Gasteiger partial charge in [-0.05, 0) is 6.92 Å². The first kappa shape index (κ1) is 15.6. The number of hydrogen-bond acceptors (Lipinski definition) is 7. The Morgan fingerprint density at radius 1 is 1.61 bits per heavy atom. The van der Waals surface area contributed by atoms with Gasteiger partial charge in [0.15, 0.2) is 11.9 Å². The number of aromatic nitrogens is 4. The van der Waals surface area contributed by atoms with Crippen molar-refractivity contribution in [2.24, 2.45) is 5.92 Å². The Labute approximate surface area is 131 Å². The SMILES string of the molecule is C#CC1(F)C(CO)[C@@H]([C@H](C)O)O[C@H]1n1cnc2cnc(N)nc21. The molecule has 8 nitrogen and oxygen atoms in total. The average molecular weight is 321 g/mol. The fraction of sp³-hybridized carbons (Fsp3) is 0.500. The molecule has 1 fully saturated rings. The standard InChI is InChI=1S/C14H16FN5O3/c1-3-14(15)8(5-21)10(7(2)22)23-12(14)20-6-18-9-4-17-13(16)19-11(9)20/h1,4,6-8,10,12,21-22H,5H2,2H3,(H2,16,17,19)/t7-,8?,10+,12+,14?/m0/s1. The van der Waals surface area contributed by atoms with E-state index in [4.69, 9.17) is 16.9 Å². The van der Waals surface area contributed by atoms with E-state index in [1.54, 1.807) is 0 Å². The van der Waals surface area contributed by atoms with Crippen molar-refractivity contribution in [3.8, 4) is 12.3 Å². The molecule has 2 aromatic rings. The van der Waals surface area contributed by atoms with E-state index in [9.17, 15) is 10.2 Å². The first-order valence-electron chi connectivity index (χ1n) is 6.98. The molecule has 0 aliphatic carbocycles. The minimum absolute atomic E-state index is 0.00630. The molecule has 0 spiro atoms. The Bertz CT molecular complexity index is 773. The van der Waals surface area contributed by atoms with Gasteiger partial charge in [-0.3, -0.25) is 4.57 Å². The molecule has 1 saturated heterocycles. The van der Waals surface area contributed by atoms with E-state index in [1.807, 2.05) is 0 Å². The maximum absolute atomic E-state index is 15.4. The van der Waals surface area contributed by atoms with Crippen LogP contribution in [0.3, 0.4) is 0 Å². The number of ether oxygens (including phenoxy) is 1. The van der Waals surface area contributed by atoms with Gasteiger partial charge in [-0.2, -0.15) is 4.98 Å². The largest absolute Gasteiger partial charge is 0.396 e. The summed E-state index contributed by atoms with van der Waals surface area (Å²) in [5.74, 6) is 0.963. The number of fused-ring (bicyclic) bond motifs is 1. The van der Waals surface area contributed by atoms with Crippen molar-refractivity contribution in [2.45, 2.75) is 31.0 Å². The highest BCUT2D eigenvalue weighted by molar-refractivity contribution is 5.70. The Morgan fingerprint density at radius 3 is 2.96 bits per heavy atom. The van der Waals surface area contributed by atoms with Gasteiger partial charge in [-0.25, -0.2) is 14.4 Å². The van der Waals surface area contributed by atoms with Crippen molar-refractivity contribution < 1.29 is 19.3 Å². The van der Waals surface area contributed by atoms with Gasteiger partial charge in [0.05, 0.1) is 37.3 Å². The Morgan fingerprint density at radius 2 is 2.35 bits per heavy atom. The number of nitrogen functional groups attached to an aromatic ring is 1. The highest BCUT2D eigenvalue weighted by atomic mass is 19.1. The van der Waals surface area contributed by atoms with E-state index in [0.717, 1.165) is 0 Å². The first-order valence-corrected chi connectivity index (χ1v) is 6.98. The maximum atomic E-state index is 15.4. The average Bonchev–Trinajstić information content (AvgIpc) is 3.05. The van der Waals surface area contributed by atoms with Crippen LogP contribution in [-0.4, -0.2) is 54.2 Å². The molecule has 2 unspecified atom stereocenters. The molecular formula is C14H16FN5O3. The van der Waals surface area contributed by atoms with Crippen LogP contribution in [0, 0.1) is 18.3 Å². The number of imidazole rings is 1.